The zero-order valence-corrected chi connectivity index (χ0v) is 23.7. The predicted molar refractivity (Wildman–Crippen MR) is 162 cm³/mol. The van der Waals surface area contributed by atoms with E-state index in [1.165, 1.54) is 6.92 Å². The average Bonchev–Trinajstić information content (AvgIpc) is 3.43. The quantitative estimate of drug-likeness (QED) is 0.0666. The molecular weight excluding hydrogens is 516 g/mol. The lowest BCUT2D eigenvalue weighted by Crippen LogP contribution is -2.39. The van der Waals surface area contributed by atoms with Gasteiger partial charge in [-0.1, -0.05) is 41.6 Å². The summed E-state index contributed by atoms with van der Waals surface area (Å²) in [5.74, 6) is 0.0567. The minimum Gasteiger partial charge on any atom is -0.479 e. The van der Waals surface area contributed by atoms with E-state index in [1.807, 2.05) is 68.4 Å². The molecule has 5 rings (SSSR count). The molecule has 0 fully saturated rings. The first-order chi connectivity index (χ1) is 19.8. The number of ether oxygens (including phenoxy) is 2. The minimum atomic E-state index is -0.941. The third-order valence-corrected chi connectivity index (χ3v) is 7.50. The second-order valence-corrected chi connectivity index (χ2v) is 10.2. The monoisotopic (exact) mass is 550 g/mol. The van der Waals surface area contributed by atoms with Crippen molar-refractivity contribution in [3.63, 3.8) is 0 Å². The van der Waals surface area contributed by atoms with Gasteiger partial charge in [-0.2, -0.15) is 0 Å². The standard InChI is InChI=1S/C34H34N2O5/c1-6-17-34(18-7-2)33(35-41-23(5)37)26-14-16-29-30(32(26)40-34)27-21-24(31(38)25-12-10-9-11-22(25)4)13-15-28(27)36(29)19-20-39-8-3/h6-7,9-16,21H,1-2,8,17-20H2,3-5H3/b35-33-. The fraction of sp³-hybridized carbons (Fsp3) is 0.265. The van der Waals surface area contributed by atoms with Gasteiger partial charge in [0.25, 0.3) is 0 Å². The van der Waals surface area contributed by atoms with Crippen molar-refractivity contribution in [2.45, 2.75) is 45.8 Å². The van der Waals surface area contributed by atoms with Crippen LogP contribution in [0.15, 0.2) is 85.1 Å². The molecule has 1 aliphatic rings. The molecule has 4 aromatic rings. The van der Waals surface area contributed by atoms with Gasteiger partial charge in [-0.05, 0) is 49.7 Å². The number of aromatic nitrogens is 1. The second kappa shape index (κ2) is 11.6. The number of carbonyl (C=O) groups excluding carboxylic acids is 2. The second-order valence-electron chi connectivity index (χ2n) is 10.2. The van der Waals surface area contributed by atoms with Crippen LogP contribution in [0.1, 0.15) is 53.7 Å². The molecule has 0 spiro atoms. The van der Waals surface area contributed by atoms with E-state index in [1.54, 1.807) is 12.2 Å². The van der Waals surface area contributed by atoms with Crippen LogP contribution in [0.3, 0.4) is 0 Å². The number of benzene rings is 3. The van der Waals surface area contributed by atoms with Gasteiger partial charge in [0.2, 0.25) is 0 Å². The maximum Gasteiger partial charge on any atom is 0.331 e. The van der Waals surface area contributed by atoms with Crippen LogP contribution in [0.4, 0.5) is 0 Å². The fourth-order valence-electron chi connectivity index (χ4n) is 5.67. The SMILES string of the molecule is C=CCC1(CC=C)Oc2c(ccc3c2c2cc(C(=O)c4ccccc4C)ccc2n3CCOCC)/C1=N/OC(C)=O. The lowest BCUT2D eigenvalue weighted by atomic mass is 9.88. The highest BCUT2D eigenvalue weighted by Gasteiger charge is 2.46. The number of hydrogen-bond donors (Lipinski definition) is 0. The molecule has 0 aliphatic carbocycles. The van der Waals surface area contributed by atoms with Crippen molar-refractivity contribution in [2.75, 3.05) is 13.2 Å². The van der Waals surface area contributed by atoms with E-state index in [0.29, 0.717) is 55.2 Å². The highest BCUT2D eigenvalue weighted by Crippen LogP contribution is 2.47. The summed E-state index contributed by atoms with van der Waals surface area (Å²) >= 11 is 0. The summed E-state index contributed by atoms with van der Waals surface area (Å²) in [7, 11) is 0. The summed E-state index contributed by atoms with van der Waals surface area (Å²) < 4.78 is 14.7. The molecule has 0 atom stereocenters. The number of oxime groups is 1. The lowest BCUT2D eigenvalue weighted by Gasteiger charge is -2.26. The van der Waals surface area contributed by atoms with E-state index < -0.39 is 11.6 Å². The first-order valence-electron chi connectivity index (χ1n) is 13.8. The number of ketones is 1. The Labute approximate surface area is 239 Å². The molecule has 0 N–H and O–H groups in total. The van der Waals surface area contributed by atoms with Crippen LogP contribution in [-0.2, 0) is 20.9 Å². The Balaban J connectivity index is 1.78. The minimum absolute atomic E-state index is 0.0431. The molecule has 0 saturated carbocycles. The smallest absolute Gasteiger partial charge is 0.331 e. The van der Waals surface area contributed by atoms with Crippen LogP contribution in [0.5, 0.6) is 5.75 Å². The maximum absolute atomic E-state index is 13.6. The molecule has 1 aliphatic heterocycles. The van der Waals surface area contributed by atoms with Crippen molar-refractivity contribution in [3.05, 3.63) is 102 Å². The molecule has 7 heteroatoms. The number of rotatable bonds is 11. The van der Waals surface area contributed by atoms with Crippen LogP contribution in [0, 0.1) is 6.92 Å². The summed E-state index contributed by atoms with van der Waals surface area (Å²) in [5, 5.41) is 6.01. The Bertz CT molecular complexity index is 1700. The zero-order chi connectivity index (χ0) is 29.1. The topological polar surface area (TPSA) is 79.1 Å². The van der Waals surface area contributed by atoms with Crippen molar-refractivity contribution in [1.29, 1.82) is 0 Å². The average molecular weight is 551 g/mol. The van der Waals surface area contributed by atoms with Crippen molar-refractivity contribution >= 4 is 39.3 Å². The molecule has 2 heterocycles. The third kappa shape index (κ3) is 4.98. The van der Waals surface area contributed by atoms with Gasteiger partial charge in [-0.15, -0.1) is 13.2 Å². The van der Waals surface area contributed by atoms with Gasteiger partial charge in [0.05, 0.1) is 17.5 Å². The molecule has 3 aromatic carbocycles. The van der Waals surface area contributed by atoms with Crippen LogP contribution in [0.2, 0.25) is 0 Å². The van der Waals surface area contributed by atoms with E-state index in [9.17, 15) is 9.59 Å². The lowest BCUT2D eigenvalue weighted by molar-refractivity contribution is -0.141. The Morgan fingerprint density at radius 3 is 2.46 bits per heavy atom. The van der Waals surface area contributed by atoms with E-state index in [0.717, 1.165) is 32.9 Å². The van der Waals surface area contributed by atoms with Gasteiger partial charge in [-0.25, -0.2) is 4.79 Å². The summed E-state index contributed by atoms with van der Waals surface area (Å²) in [5.41, 5.74) is 4.37. The van der Waals surface area contributed by atoms with Crippen molar-refractivity contribution in [3.8, 4) is 5.75 Å². The molecule has 210 valence electrons. The first-order valence-corrected chi connectivity index (χ1v) is 13.8. The molecule has 0 bridgehead atoms. The number of fused-ring (bicyclic) bond motifs is 5. The Kier molecular flexibility index (Phi) is 7.90. The Morgan fingerprint density at radius 1 is 1.05 bits per heavy atom. The highest BCUT2D eigenvalue weighted by molar-refractivity contribution is 6.21. The number of aryl methyl sites for hydroxylation is 1. The van der Waals surface area contributed by atoms with E-state index in [-0.39, 0.29) is 5.78 Å². The Morgan fingerprint density at radius 2 is 1.78 bits per heavy atom. The van der Waals surface area contributed by atoms with E-state index in [4.69, 9.17) is 14.3 Å². The molecule has 41 heavy (non-hydrogen) atoms. The number of carbonyl (C=O) groups is 2. The summed E-state index contributed by atoms with van der Waals surface area (Å²) in [6.07, 6.45) is 4.38. The summed E-state index contributed by atoms with van der Waals surface area (Å²) in [4.78, 5) is 30.5. The van der Waals surface area contributed by atoms with Gasteiger partial charge in [0.15, 0.2) is 11.4 Å². The molecule has 0 unspecified atom stereocenters. The van der Waals surface area contributed by atoms with Crippen molar-refractivity contribution in [2.24, 2.45) is 5.16 Å². The Hall–Kier alpha value is -4.49. The number of hydrogen-bond acceptors (Lipinski definition) is 6. The number of nitrogens with zero attached hydrogens (tertiary/aromatic N) is 2. The van der Waals surface area contributed by atoms with Gasteiger partial charge >= 0.3 is 5.97 Å². The molecule has 0 radical (unpaired) electrons. The van der Waals surface area contributed by atoms with E-state index in [2.05, 4.69) is 22.9 Å². The third-order valence-electron chi connectivity index (χ3n) is 7.50. The van der Waals surface area contributed by atoms with Crippen molar-refractivity contribution in [1.82, 2.24) is 4.57 Å². The highest BCUT2D eigenvalue weighted by atomic mass is 16.7. The summed E-state index contributed by atoms with van der Waals surface area (Å²) in [6.45, 7) is 14.9. The van der Waals surface area contributed by atoms with Crippen LogP contribution in [-0.4, -0.2) is 40.8 Å². The van der Waals surface area contributed by atoms with Crippen molar-refractivity contribution < 1.29 is 23.9 Å². The van der Waals surface area contributed by atoms with E-state index >= 15 is 0 Å². The van der Waals surface area contributed by atoms with Gasteiger partial charge in [0, 0.05) is 60.5 Å². The molecular formula is C34H34N2O5. The van der Waals surface area contributed by atoms with Gasteiger partial charge in [0.1, 0.15) is 11.5 Å². The van der Waals surface area contributed by atoms with Gasteiger partial charge in [-0.3, -0.25) is 4.79 Å². The predicted octanol–water partition coefficient (Wildman–Crippen LogP) is 6.92. The first kappa shape index (κ1) is 28.1. The fourth-order valence-corrected chi connectivity index (χ4v) is 5.67. The van der Waals surface area contributed by atoms with Gasteiger partial charge < -0.3 is 18.9 Å². The van der Waals surface area contributed by atoms with Crippen LogP contribution in [0.25, 0.3) is 21.8 Å². The molecule has 1 aromatic heterocycles. The zero-order valence-electron chi connectivity index (χ0n) is 23.7. The molecule has 7 nitrogen and oxygen atoms in total. The largest absolute Gasteiger partial charge is 0.479 e. The molecule has 0 saturated heterocycles. The molecule has 0 amide bonds. The maximum atomic E-state index is 13.6. The summed E-state index contributed by atoms with van der Waals surface area (Å²) in [6, 6.07) is 17.4. The normalized spacial score (nSPS) is 14.7. The van der Waals surface area contributed by atoms with Crippen LogP contribution < -0.4 is 4.74 Å². The van der Waals surface area contributed by atoms with Crippen LogP contribution >= 0.6 is 0 Å².